The van der Waals surface area contributed by atoms with Gasteiger partial charge in [-0.15, -0.1) is 0 Å². The lowest BCUT2D eigenvalue weighted by molar-refractivity contribution is -0.428. The first-order valence-corrected chi connectivity index (χ1v) is 7.88. The Morgan fingerprint density at radius 2 is 1.18 bits per heavy atom. The van der Waals surface area contributed by atoms with Gasteiger partial charge in [0.2, 0.25) is 0 Å². The van der Waals surface area contributed by atoms with E-state index >= 15 is 0 Å². The zero-order valence-corrected chi connectivity index (χ0v) is 16.0. The summed E-state index contributed by atoms with van der Waals surface area (Å²) in [5.74, 6) is -19.9. The van der Waals surface area contributed by atoms with E-state index in [0.717, 1.165) is 6.92 Å². The Morgan fingerprint density at radius 1 is 0.794 bits per heavy atom. The Bertz CT molecular complexity index is 778. The molecule has 200 valence electrons. The summed E-state index contributed by atoms with van der Waals surface area (Å²) in [7, 11) is 0. The first-order valence-electron chi connectivity index (χ1n) is 7.88. The van der Waals surface area contributed by atoms with Crippen LogP contribution in [0.2, 0.25) is 0 Å². The van der Waals surface area contributed by atoms with Crippen molar-refractivity contribution in [3.05, 3.63) is 23.6 Å². The smallest absolute Gasteiger partial charge is 0.438 e. The minimum atomic E-state index is -7.58. The molecule has 3 N–H and O–H groups in total. The van der Waals surface area contributed by atoms with Crippen LogP contribution in [-0.2, 0) is 9.59 Å². The van der Waals surface area contributed by atoms with Gasteiger partial charge < -0.3 is 15.3 Å². The van der Waals surface area contributed by atoms with Crippen LogP contribution in [0.5, 0.6) is 0 Å². The molecule has 0 saturated carbocycles. The largest absolute Gasteiger partial charge is 0.478 e. The van der Waals surface area contributed by atoms with Crippen LogP contribution in [0.4, 0.5) is 61.5 Å². The number of carbonyl (C=O) groups is 2. The third-order valence-electron chi connectivity index (χ3n) is 3.55. The Morgan fingerprint density at radius 3 is 1.41 bits per heavy atom. The van der Waals surface area contributed by atoms with Crippen molar-refractivity contribution in [1.82, 2.24) is 0 Å². The summed E-state index contributed by atoms with van der Waals surface area (Å²) in [5, 5.41) is 25.0. The van der Waals surface area contributed by atoms with Crippen molar-refractivity contribution in [2.45, 2.75) is 55.7 Å². The highest BCUT2D eigenvalue weighted by atomic mass is 19.4. The second kappa shape index (κ2) is 11.2. The number of aliphatic hydroxyl groups is 1. The molecule has 0 aromatic rings. The van der Waals surface area contributed by atoms with Crippen LogP contribution >= 0.6 is 0 Å². The molecular formula is C15H12F14O5. The number of carboxylic acids is 2. The number of alkyl halides is 11. The van der Waals surface area contributed by atoms with E-state index in [4.69, 9.17) is 15.3 Å². The van der Waals surface area contributed by atoms with Crippen molar-refractivity contribution in [3.63, 3.8) is 0 Å². The molecule has 0 saturated heterocycles. The second-order valence-electron chi connectivity index (χ2n) is 6.10. The van der Waals surface area contributed by atoms with Crippen LogP contribution in [0.1, 0.15) is 19.8 Å². The Hall–Kier alpha value is -2.60. The van der Waals surface area contributed by atoms with Gasteiger partial charge in [-0.2, -0.15) is 57.1 Å². The quantitative estimate of drug-likeness (QED) is 0.284. The second-order valence-corrected chi connectivity index (χ2v) is 6.10. The Kier molecular flexibility index (Phi) is 11.1. The van der Waals surface area contributed by atoms with E-state index in [2.05, 4.69) is 0 Å². The topological polar surface area (TPSA) is 94.8 Å². The molecule has 0 radical (unpaired) electrons. The molecule has 1 unspecified atom stereocenters. The summed E-state index contributed by atoms with van der Waals surface area (Å²) in [6.45, 7) is 0.877. The maximum absolute atomic E-state index is 13.4. The minimum absolute atomic E-state index is 0.511. The summed E-state index contributed by atoms with van der Waals surface area (Å²) < 4.78 is 173. The Balaban J connectivity index is 0. The van der Waals surface area contributed by atoms with Gasteiger partial charge in [0.1, 0.15) is 0 Å². The summed E-state index contributed by atoms with van der Waals surface area (Å²) >= 11 is 0. The van der Waals surface area contributed by atoms with Crippen molar-refractivity contribution in [3.8, 4) is 0 Å². The molecule has 0 aliphatic rings. The highest BCUT2D eigenvalue weighted by Crippen LogP contribution is 2.59. The van der Waals surface area contributed by atoms with Gasteiger partial charge >= 0.3 is 47.9 Å². The summed E-state index contributed by atoms with van der Waals surface area (Å²) in [6, 6.07) is 0. The average Bonchev–Trinajstić information content (AvgIpc) is 2.62. The van der Waals surface area contributed by atoms with Gasteiger partial charge in [0, 0.05) is 12.0 Å². The number of hydrogen-bond acceptors (Lipinski definition) is 3. The first-order chi connectivity index (χ1) is 14.8. The predicted octanol–water partition coefficient (Wildman–Crippen LogP) is 5.41. The zero-order valence-electron chi connectivity index (χ0n) is 16.0. The molecule has 0 aromatic heterocycles. The molecule has 0 bridgehead atoms. The zero-order chi connectivity index (χ0) is 28.1. The van der Waals surface area contributed by atoms with Crippen molar-refractivity contribution >= 4 is 11.9 Å². The minimum Gasteiger partial charge on any atom is -0.478 e. The molecular weight excluding hydrogens is 526 g/mol. The third kappa shape index (κ3) is 7.73. The monoisotopic (exact) mass is 538 g/mol. The molecule has 5 nitrogen and oxygen atoms in total. The van der Waals surface area contributed by atoms with E-state index in [1.54, 1.807) is 0 Å². The van der Waals surface area contributed by atoms with Gasteiger partial charge in [0.05, 0.1) is 6.10 Å². The Labute approximate surface area is 178 Å². The molecule has 1 atom stereocenters. The normalized spacial score (nSPS) is 14.6. The molecule has 0 amide bonds. The standard InChI is InChI=1S/C12H11F11O3.C3HF3O2/c1-5(7(25)26)2-3-6(24)4-8(13,14)10(16,17)9(15,11(18,19)20)12(21,22)23;4-1(2(5)6)3(7)8/h2,6,24H,3-4H2,1H3,(H,25,26);(H,7,8). The summed E-state index contributed by atoms with van der Waals surface area (Å²) in [6.07, 6.45) is -23.7. The fraction of sp³-hybridized carbons (Fsp3) is 0.600. The van der Waals surface area contributed by atoms with Crippen molar-refractivity contribution in [2.75, 3.05) is 0 Å². The van der Waals surface area contributed by atoms with E-state index in [-0.39, 0.29) is 0 Å². The number of aliphatic carboxylic acids is 2. The van der Waals surface area contributed by atoms with Crippen molar-refractivity contribution < 1.29 is 86.4 Å². The molecule has 19 heteroatoms. The van der Waals surface area contributed by atoms with E-state index in [9.17, 15) is 71.1 Å². The lowest BCUT2D eigenvalue weighted by atomic mass is 9.87. The van der Waals surface area contributed by atoms with E-state index in [0.29, 0.717) is 6.08 Å². The fourth-order valence-electron chi connectivity index (χ4n) is 1.76. The first kappa shape index (κ1) is 33.6. The van der Waals surface area contributed by atoms with Gasteiger partial charge in [-0.3, -0.25) is 0 Å². The molecule has 0 aliphatic heterocycles. The SMILES string of the molecule is CC(=CCC(O)CC(F)(F)C(F)(F)C(F)(C(F)(F)F)C(F)(F)F)C(=O)O.O=C(O)C(F)=C(F)F. The highest BCUT2D eigenvalue weighted by molar-refractivity contribution is 5.85. The van der Waals surface area contributed by atoms with Crippen LogP contribution in [0, 0.1) is 0 Å². The molecule has 0 heterocycles. The van der Waals surface area contributed by atoms with Crippen molar-refractivity contribution in [1.29, 1.82) is 0 Å². The molecule has 34 heavy (non-hydrogen) atoms. The highest BCUT2D eigenvalue weighted by Gasteiger charge is 2.89. The van der Waals surface area contributed by atoms with Gasteiger partial charge in [-0.1, -0.05) is 6.08 Å². The number of rotatable bonds is 8. The molecule has 0 aliphatic carbocycles. The summed E-state index contributed by atoms with van der Waals surface area (Å²) in [5.41, 5.74) is -8.16. The van der Waals surface area contributed by atoms with Gasteiger partial charge in [0.25, 0.3) is 5.83 Å². The molecule has 0 spiro atoms. The van der Waals surface area contributed by atoms with E-state index < -0.39 is 78.2 Å². The van der Waals surface area contributed by atoms with Crippen LogP contribution in [0.3, 0.4) is 0 Å². The molecule has 0 fully saturated rings. The molecule has 0 aromatic carbocycles. The number of aliphatic hydroxyl groups excluding tert-OH is 1. The molecule has 0 rings (SSSR count). The van der Waals surface area contributed by atoms with Gasteiger partial charge in [-0.25, -0.2) is 14.0 Å². The number of halogens is 14. The number of carboxylic acid groups (broad SMARTS) is 2. The fourth-order valence-corrected chi connectivity index (χ4v) is 1.76. The van der Waals surface area contributed by atoms with Crippen LogP contribution in [-0.4, -0.2) is 63.2 Å². The number of hydrogen-bond donors (Lipinski definition) is 3. The van der Waals surface area contributed by atoms with Crippen molar-refractivity contribution in [2.24, 2.45) is 0 Å². The average molecular weight is 538 g/mol. The lowest BCUT2D eigenvalue weighted by Crippen LogP contribution is -2.70. The van der Waals surface area contributed by atoms with E-state index in [1.165, 1.54) is 0 Å². The predicted molar refractivity (Wildman–Crippen MR) is 80.5 cm³/mol. The van der Waals surface area contributed by atoms with E-state index in [1.807, 2.05) is 0 Å². The third-order valence-corrected chi connectivity index (χ3v) is 3.55. The van der Waals surface area contributed by atoms with Gasteiger partial charge in [-0.05, 0) is 13.3 Å². The lowest BCUT2D eigenvalue weighted by Gasteiger charge is -2.40. The summed E-state index contributed by atoms with van der Waals surface area (Å²) in [4.78, 5) is 19.6. The van der Waals surface area contributed by atoms with Crippen LogP contribution in [0.25, 0.3) is 0 Å². The maximum Gasteiger partial charge on any atom is 0.438 e. The van der Waals surface area contributed by atoms with Crippen LogP contribution < -0.4 is 0 Å². The maximum atomic E-state index is 13.4. The van der Waals surface area contributed by atoms with Gasteiger partial charge in [0.15, 0.2) is 0 Å². The van der Waals surface area contributed by atoms with Crippen LogP contribution in [0.15, 0.2) is 23.6 Å².